The van der Waals surface area contributed by atoms with Crippen molar-refractivity contribution < 1.29 is 9.53 Å². The standard InChI is InChI=1S/C18H19NO2/c1-12(2)13-7-9-15(10-8-13)19-18(20)17-11-14-5-3-4-6-16(14)21-17/h3-10,12,17H,11H2,1-2H3,(H,19,20)/t17-/m0/s1. The summed E-state index contributed by atoms with van der Waals surface area (Å²) in [5, 5.41) is 2.92. The van der Waals surface area contributed by atoms with Crippen LogP contribution in [0.5, 0.6) is 5.75 Å². The number of fused-ring (bicyclic) bond motifs is 1. The van der Waals surface area contributed by atoms with Crippen LogP contribution in [0.2, 0.25) is 0 Å². The number of hydrogen-bond donors (Lipinski definition) is 1. The minimum atomic E-state index is -0.438. The number of hydrogen-bond acceptors (Lipinski definition) is 2. The Bertz CT molecular complexity index is 622. The van der Waals surface area contributed by atoms with Crippen molar-refractivity contribution in [3.63, 3.8) is 0 Å². The van der Waals surface area contributed by atoms with E-state index in [2.05, 4.69) is 19.2 Å². The summed E-state index contributed by atoms with van der Waals surface area (Å²) in [6, 6.07) is 15.8. The lowest BCUT2D eigenvalue weighted by molar-refractivity contribution is -0.122. The van der Waals surface area contributed by atoms with Crippen LogP contribution in [0.1, 0.15) is 30.9 Å². The predicted molar refractivity (Wildman–Crippen MR) is 83.7 cm³/mol. The first kappa shape index (κ1) is 13.7. The quantitative estimate of drug-likeness (QED) is 0.930. The van der Waals surface area contributed by atoms with Crippen molar-refractivity contribution in [2.45, 2.75) is 32.3 Å². The highest BCUT2D eigenvalue weighted by molar-refractivity contribution is 5.95. The maximum Gasteiger partial charge on any atom is 0.265 e. The Morgan fingerprint density at radius 2 is 1.86 bits per heavy atom. The summed E-state index contributed by atoms with van der Waals surface area (Å²) in [5.74, 6) is 1.21. The van der Waals surface area contributed by atoms with Crippen LogP contribution in [0, 0.1) is 0 Å². The van der Waals surface area contributed by atoms with Crippen molar-refractivity contribution in [3.05, 3.63) is 59.7 Å². The van der Waals surface area contributed by atoms with Crippen LogP contribution in [-0.4, -0.2) is 12.0 Å². The van der Waals surface area contributed by atoms with Crippen molar-refractivity contribution in [2.75, 3.05) is 5.32 Å². The molecule has 0 bridgehead atoms. The normalized spacial score (nSPS) is 16.4. The van der Waals surface area contributed by atoms with E-state index >= 15 is 0 Å². The van der Waals surface area contributed by atoms with Gasteiger partial charge in [0.15, 0.2) is 6.10 Å². The van der Waals surface area contributed by atoms with Gasteiger partial charge in [-0.3, -0.25) is 4.79 Å². The van der Waals surface area contributed by atoms with Crippen molar-refractivity contribution in [1.82, 2.24) is 0 Å². The minimum absolute atomic E-state index is 0.0940. The molecule has 3 nitrogen and oxygen atoms in total. The molecule has 0 aromatic heterocycles. The number of nitrogens with one attached hydrogen (secondary N) is 1. The molecule has 3 heteroatoms. The molecule has 1 heterocycles. The molecule has 108 valence electrons. The smallest absolute Gasteiger partial charge is 0.265 e. The number of carbonyl (C=O) groups is 1. The molecule has 0 radical (unpaired) electrons. The van der Waals surface area contributed by atoms with Gasteiger partial charge in [0.1, 0.15) is 5.75 Å². The number of amides is 1. The fraction of sp³-hybridized carbons (Fsp3) is 0.278. The Kier molecular flexibility index (Phi) is 3.65. The van der Waals surface area contributed by atoms with Crippen LogP contribution in [0.25, 0.3) is 0 Å². The summed E-state index contributed by atoms with van der Waals surface area (Å²) in [7, 11) is 0. The molecule has 0 spiro atoms. The third kappa shape index (κ3) is 2.92. The zero-order valence-corrected chi connectivity index (χ0v) is 12.3. The molecule has 21 heavy (non-hydrogen) atoms. The van der Waals surface area contributed by atoms with Gasteiger partial charge in [-0.2, -0.15) is 0 Å². The first-order chi connectivity index (χ1) is 10.1. The SMILES string of the molecule is CC(C)c1ccc(NC(=O)[C@@H]2Cc3ccccc3O2)cc1. The van der Waals surface area contributed by atoms with E-state index in [4.69, 9.17) is 4.74 Å². The maximum absolute atomic E-state index is 12.3. The Morgan fingerprint density at radius 3 is 2.52 bits per heavy atom. The average molecular weight is 281 g/mol. The second-order valence-corrected chi connectivity index (χ2v) is 5.68. The Labute approximate surface area is 124 Å². The number of para-hydroxylation sites is 1. The third-order valence-electron chi connectivity index (χ3n) is 3.78. The van der Waals surface area contributed by atoms with E-state index in [9.17, 15) is 4.79 Å². The average Bonchev–Trinajstić information content (AvgIpc) is 2.92. The number of benzene rings is 2. The number of anilines is 1. The van der Waals surface area contributed by atoms with Gasteiger partial charge in [0.25, 0.3) is 5.91 Å². The van der Waals surface area contributed by atoms with Crippen LogP contribution in [-0.2, 0) is 11.2 Å². The number of carbonyl (C=O) groups excluding carboxylic acids is 1. The molecule has 2 aromatic rings. The summed E-state index contributed by atoms with van der Waals surface area (Å²) in [5.41, 5.74) is 3.16. The molecule has 0 unspecified atom stereocenters. The first-order valence-electron chi connectivity index (χ1n) is 7.29. The van der Waals surface area contributed by atoms with Crippen LogP contribution < -0.4 is 10.1 Å². The van der Waals surface area contributed by atoms with Crippen LogP contribution >= 0.6 is 0 Å². The van der Waals surface area contributed by atoms with Crippen LogP contribution in [0.4, 0.5) is 5.69 Å². The van der Waals surface area contributed by atoms with Gasteiger partial charge in [-0.15, -0.1) is 0 Å². The van der Waals surface area contributed by atoms with Crippen molar-refractivity contribution in [2.24, 2.45) is 0 Å². The fourth-order valence-corrected chi connectivity index (χ4v) is 2.50. The summed E-state index contributed by atoms with van der Waals surface area (Å²) in [6.07, 6.45) is 0.193. The molecule has 2 aromatic carbocycles. The summed E-state index contributed by atoms with van der Waals surface area (Å²) >= 11 is 0. The van der Waals surface area contributed by atoms with Gasteiger partial charge in [0.05, 0.1) is 0 Å². The third-order valence-corrected chi connectivity index (χ3v) is 3.78. The molecular formula is C18H19NO2. The van der Waals surface area contributed by atoms with Gasteiger partial charge >= 0.3 is 0 Å². The second kappa shape index (κ2) is 5.60. The molecule has 3 rings (SSSR count). The van der Waals surface area contributed by atoms with E-state index < -0.39 is 6.10 Å². The minimum Gasteiger partial charge on any atom is -0.480 e. The lowest BCUT2D eigenvalue weighted by Gasteiger charge is -2.12. The molecular weight excluding hydrogens is 262 g/mol. The van der Waals surface area contributed by atoms with Gasteiger partial charge in [-0.1, -0.05) is 44.2 Å². The number of rotatable bonds is 3. The highest BCUT2D eigenvalue weighted by Crippen LogP contribution is 2.28. The Balaban J connectivity index is 1.65. The molecule has 0 fully saturated rings. The predicted octanol–water partition coefficient (Wildman–Crippen LogP) is 3.75. The summed E-state index contributed by atoms with van der Waals surface area (Å²) in [6.45, 7) is 4.30. The van der Waals surface area contributed by atoms with Crippen molar-refractivity contribution >= 4 is 11.6 Å². The Hall–Kier alpha value is -2.29. The molecule has 1 aliphatic rings. The van der Waals surface area contributed by atoms with E-state index in [0.717, 1.165) is 17.0 Å². The zero-order valence-electron chi connectivity index (χ0n) is 12.3. The van der Waals surface area contributed by atoms with E-state index in [1.165, 1.54) is 5.56 Å². The van der Waals surface area contributed by atoms with Gasteiger partial charge < -0.3 is 10.1 Å². The lowest BCUT2D eigenvalue weighted by atomic mass is 10.0. The molecule has 0 saturated carbocycles. The summed E-state index contributed by atoms with van der Waals surface area (Å²) < 4.78 is 5.69. The van der Waals surface area contributed by atoms with Gasteiger partial charge in [-0.05, 0) is 35.2 Å². The Morgan fingerprint density at radius 1 is 1.14 bits per heavy atom. The second-order valence-electron chi connectivity index (χ2n) is 5.68. The lowest BCUT2D eigenvalue weighted by Crippen LogP contribution is -2.31. The van der Waals surface area contributed by atoms with E-state index in [1.807, 2.05) is 48.5 Å². The summed E-state index contributed by atoms with van der Waals surface area (Å²) in [4.78, 5) is 12.3. The molecule has 1 aliphatic heterocycles. The highest BCUT2D eigenvalue weighted by Gasteiger charge is 2.28. The monoisotopic (exact) mass is 281 g/mol. The van der Waals surface area contributed by atoms with Gasteiger partial charge in [0, 0.05) is 12.1 Å². The van der Waals surface area contributed by atoms with E-state index in [-0.39, 0.29) is 5.91 Å². The van der Waals surface area contributed by atoms with Crippen LogP contribution in [0.3, 0.4) is 0 Å². The van der Waals surface area contributed by atoms with Gasteiger partial charge in [-0.25, -0.2) is 0 Å². The molecule has 1 amide bonds. The molecule has 1 N–H and O–H groups in total. The molecule has 1 atom stereocenters. The number of ether oxygens (including phenoxy) is 1. The molecule has 0 aliphatic carbocycles. The highest BCUT2D eigenvalue weighted by atomic mass is 16.5. The van der Waals surface area contributed by atoms with Crippen molar-refractivity contribution in [1.29, 1.82) is 0 Å². The zero-order chi connectivity index (χ0) is 14.8. The van der Waals surface area contributed by atoms with E-state index in [1.54, 1.807) is 0 Å². The largest absolute Gasteiger partial charge is 0.480 e. The topological polar surface area (TPSA) is 38.3 Å². The van der Waals surface area contributed by atoms with E-state index in [0.29, 0.717) is 12.3 Å². The fourth-order valence-electron chi connectivity index (χ4n) is 2.50. The van der Waals surface area contributed by atoms with Crippen LogP contribution in [0.15, 0.2) is 48.5 Å². The first-order valence-corrected chi connectivity index (χ1v) is 7.29. The van der Waals surface area contributed by atoms with Crippen molar-refractivity contribution in [3.8, 4) is 5.75 Å². The maximum atomic E-state index is 12.3. The molecule has 0 saturated heterocycles. The van der Waals surface area contributed by atoms with Gasteiger partial charge in [0.2, 0.25) is 0 Å².